The summed E-state index contributed by atoms with van der Waals surface area (Å²) in [5, 5.41) is 10.2. The van der Waals surface area contributed by atoms with Crippen LogP contribution >= 0.6 is 0 Å². The van der Waals surface area contributed by atoms with Gasteiger partial charge >= 0.3 is 0 Å². The fraction of sp³-hybridized carbons (Fsp3) is 0. The Hall–Kier alpha value is -6.51. The van der Waals surface area contributed by atoms with Gasteiger partial charge in [-0.1, -0.05) is 170 Å². The molecule has 2 heteroatoms. The van der Waals surface area contributed by atoms with Crippen LogP contribution in [0.15, 0.2) is 176 Å². The summed E-state index contributed by atoms with van der Waals surface area (Å²) >= 11 is 0. The van der Waals surface area contributed by atoms with Crippen molar-refractivity contribution in [1.29, 1.82) is 0 Å². The van der Waals surface area contributed by atoms with Crippen LogP contribution in [0.4, 0.5) is 0 Å². The summed E-state index contributed by atoms with van der Waals surface area (Å²) < 4.78 is 0. The second kappa shape index (κ2) is 11.0. The molecule has 0 atom stereocenters. The SMILES string of the molecule is c1ccc(-c2ccc(-c3nc(-c4ccc5c6cccc7cccc(c8cccc4c85)c76)[nH]c3-c3ccc(-c4ccccc4)cc3)cc2)cc1. The second-order valence-corrected chi connectivity index (χ2v) is 12.8. The molecule has 10 rings (SSSR count). The quantitative estimate of drug-likeness (QED) is 0.150. The number of aromatic amines is 1. The number of rotatable bonds is 5. The molecule has 0 aliphatic rings. The smallest absolute Gasteiger partial charge is 0.139 e. The van der Waals surface area contributed by atoms with E-state index in [0.717, 1.165) is 33.9 Å². The lowest BCUT2D eigenvalue weighted by Gasteiger charge is -2.15. The molecule has 0 bridgehead atoms. The highest BCUT2D eigenvalue weighted by Crippen LogP contribution is 2.44. The van der Waals surface area contributed by atoms with Crippen molar-refractivity contribution in [3.8, 4) is 56.2 Å². The van der Waals surface area contributed by atoms with Gasteiger partial charge in [0.05, 0.1) is 11.4 Å². The zero-order chi connectivity index (χ0) is 32.3. The third kappa shape index (κ3) is 4.46. The zero-order valence-electron chi connectivity index (χ0n) is 26.7. The van der Waals surface area contributed by atoms with Crippen LogP contribution in [-0.2, 0) is 0 Å². The molecule has 0 fully saturated rings. The zero-order valence-corrected chi connectivity index (χ0v) is 26.7. The molecule has 49 heavy (non-hydrogen) atoms. The number of imidazole rings is 1. The first-order valence-corrected chi connectivity index (χ1v) is 16.8. The van der Waals surface area contributed by atoms with Crippen LogP contribution in [-0.4, -0.2) is 9.97 Å². The van der Waals surface area contributed by atoms with Gasteiger partial charge < -0.3 is 4.98 Å². The number of hydrogen-bond donors (Lipinski definition) is 1. The number of benzene rings is 9. The summed E-state index contributed by atoms with van der Waals surface area (Å²) in [5.41, 5.74) is 10.0. The number of hydrogen-bond acceptors (Lipinski definition) is 1. The van der Waals surface area contributed by atoms with Crippen LogP contribution in [0.25, 0.3) is 99.2 Å². The summed E-state index contributed by atoms with van der Waals surface area (Å²) in [6, 6.07) is 63.2. The molecule has 10 aromatic rings. The number of nitrogens with zero attached hydrogens (tertiary/aromatic N) is 1. The Morgan fingerprint density at radius 1 is 0.327 bits per heavy atom. The average Bonchev–Trinajstić information content (AvgIpc) is 3.63. The van der Waals surface area contributed by atoms with Gasteiger partial charge in [0, 0.05) is 16.7 Å². The molecule has 228 valence electrons. The minimum absolute atomic E-state index is 0.866. The lowest BCUT2D eigenvalue weighted by molar-refractivity contribution is 1.32. The first kappa shape index (κ1) is 27.6. The van der Waals surface area contributed by atoms with Crippen molar-refractivity contribution in [1.82, 2.24) is 9.97 Å². The number of H-pyrrole nitrogens is 1. The van der Waals surface area contributed by atoms with Crippen molar-refractivity contribution in [3.05, 3.63) is 176 Å². The summed E-state index contributed by atoms with van der Waals surface area (Å²) in [6.45, 7) is 0. The van der Waals surface area contributed by atoms with Gasteiger partial charge in [-0.15, -0.1) is 0 Å². The van der Waals surface area contributed by atoms with E-state index in [2.05, 4.69) is 181 Å². The predicted molar refractivity (Wildman–Crippen MR) is 207 cm³/mol. The third-order valence-corrected chi connectivity index (χ3v) is 10.0. The summed E-state index contributed by atoms with van der Waals surface area (Å²) in [4.78, 5) is 9.20. The average molecular weight is 623 g/mol. The number of nitrogens with one attached hydrogen (secondary N) is 1. The van der Waals surface area contributed by atoms with Gasteiger partial charge in [0.25, 0.3) is 0 Å². The molecule has 0 spiro atoms. The molecule has 1 aromatic heterocycles. The first-order valence-electron chi connectivity index (χ1n) is 16.8. The van der Waals surface area contributed by atoms with Crippen molar-refractivity contribution < 1.29 is 0 Å². The molecule has 0 saturated carbocycles. The highest BCUT2D eigenvalue weighted by Gasteiger charge is 2.20. The van der Waals surface area contributed by atoms with Gasteiger partial charge in [0.2, 0.25) is 0 Å². The minimum Gasteiger partial charge on any atom is -0.337 e. The molecular weight excluding hydrogens is 593 g/mol. The van der Waals surface area contributed by atoms with Crippen molar-refractivity contribution in [2.45, 2.75) is 0 Å². The Balaban J connectivity index is 1.17. The van der Waals surface area contributed by atoms with Crippen LogP contribution < -0.4 is 0 Å². The Bertz CT molecular complexity index is 2630. The van der Waals surface area contributed by atoms with E-state index in [-0.39, 0.29) is 0 Å². The number of aromatic nitrogens is 2. The molecule has 0 saturated heterocycles. The summed E-state index contributed by atoms with van der Waals surface area (Å²) in [7, 11) is 0. The van der Waals surface area contributed by atoms with Crippen LogP contribution in [0.2, 0.25) is 0 Å². The Morgan fingerprint density at radius 2 is 0.796 bits per heavy atom. The molecule has 0 radical (unpaired) electrons. The normalized spacial score (nSPS) is 11.7. The molecule has 0 aliphatic carbocycles. The molecule has 1 heterocycles. The van der Waals surface area contributed by atoms with Gasteiger partial charge in [-0.3, -0.25) is 0 Å². The van der Waals surface area contributed by atoms with E-state index in [0.29, 0.717) is 0 Å². The van der Waals surface area contributed by atoms with Crippen molar-refractivity contribution in [2.24, 2.45) is 0 Å². The summed E-state index contributed by atoms with van der Waals surface area (Å²) in [5.74, 6) is 0.866. The lowest BCUT2D eigenvalue weighted by Crippen LogP contribution is -1.90. The molecule has 1 N–H and O–H groups in total. The van der Waals surface area contributed by atoms with Gasteiger partial charge in [-0.2, -0.15) is 0 Å². The predicted octanol–water partition coefficient (Wildman–Crippen LogP) is 12.8. The molecule has 2 nitrogen and oxygen atoms in total. The fourth-order valence-electron chi connectivity index (χ4n) is 7.68. The van der Waals surface area contributed by atoms with E-state index in [9.17, 15) is 0 Å². The van der Waals surface area contributed by atoms with Crippen molar-refractivity contribution >= 4 is 43.1 Å². The molecule has 9 aromatic carbocycles. The maximum Gasteiger partial charge on any atom is 0.139 e. The standard InChI is InChI=1S/C47H30N2/c1-3-10-30(11-4-1)32-20-24-35(25-21-32)45-46(36-26-22-33(23-27-36)31-12-5-2-6-13-31)49-47(48-45)42-29-28-41-38-17-8-15-34-14-7-16-37(43(34)38)39-18-9-19-40(42)44(39)41/h1-29H,(H,48,49). The fourth-order valence-corrected chi connectivity index (χ4v) is 7.68. The third-order valence-electron chi connectivity index (χ3n) is 10.0. The van der Waals surface area contributed by atoms with E-state index >= 15 is 0 Å². The Labute approximate surface area is 284 Å². The number of fused-ring (bicyclic) bond motifs is 2. The highest BCUT2D eigenvalue weighted by molar-refractivity contribution is 6.34. The monoisotopic (exact) mass is 622 g/mol. The van der Waals surface area contributed by atoms with Gasteiger partial charge in [0.1, 0.15) is 5.82 Å². The lowest BCUT2D eigenvalue weighted by atomic mass is 9.88. The Kier molecular flexibility index (Phi) is 6.22. The van der Waals surface area contributed by atoms with E-state index < -0.39 is 0 Å². The highest BCUT2D eigenvalue weighted by atomic mass is 14.9. The van der Waals surface area contributed by atoms with Gasteiger partial charge in [-0.25, -0.2) is 4.98 Å². The topological polar surface area (TPSA) is 28.7 Å². The molecule has 0 unspecified atom stereocenters. The van der Waals surface area contributed by atoms with Gasteiger partial charge in [-0.05, 0) is 71.4 Å². The first-order chi connectivity index (χ1) is 24.3. The van der Waals surface area contributed by atoms with Crippen molar-refractivity contribution in [2.75, 3.05) is 0 Å². The second-order valence-electron chi connectivity index (χ2n) is 12.8. The summed E-state index contributed by atoms with van der Waals surface area (Å²) in [6.07, 6.45) is 0. The van der Waals surface area contributed by atoms with E-state index in [4.69, 9.17) is 4.98 Å². The van der Waals surface area contributed by atoms with Crippen LogP contribution in [0, 0.1) is 0 Å². The van der Waals surface area contributed by atoms with Gasteiger partial charge in [0.15, 0.2) is 0 Å². The minimum atomic E-state index is 0.866. The largest absolute Gasteiger partial charge is 0.337 e. The molecule has 0 aliphatic heterocycles. The molecule has 0 amide bonds. The molecular formula is C47H30N2. The van der Waals surface area contributed by atoms with Crippen molar-refractivity contribution in [3.63, 3.8) is 0 Å². The van der Waals surface area contributed by atoms with Crippen LogP contribution in [0.1, 0.15) is 0 Å². The van der Waals surface area contributed by atoms with Crippen LogP contribution in [0.5, 0.6) is 0 Å². The maximum atomic E-state index is 5.39. The Morgan fingerprint density at radius 3 is 1.41 bits per heavy atom. The maximum absolute atomic E-state index is 5.39. The van der Waals surface area contributed by atoms with E-state index in [1.807, 2.05) is 0 Å². The van der Waals surface area contributed by atoms with E-state index in [1.54, 1.807) is 0 Å². The van der Waals surface area contributed by atoms with E-state index in [1.165, 1.54) is 65.3 Å². The van der Waals surface area contributed by atoms with Crippen LogP contribution in [0.3, 0.4) is 0 Å².